The van der Waals surface area contributed by atoms with Crippen molar-refractivity contribution in [2.45, 2.75) is 112 Å². The monoisotopic (exact) mass is 418 g/mol. The third kappa shape index (κ3) is 12.7. The maximum atomic E-state index is 8.84. The number of allylic oxidation sites excluding steroid dienone is 6. The Labute approximate surface area is 187 Å². The van der Waals surface area contributed by atoms with E-state index in [1.54, 1.807) is 0 Å². The zero-order chi connectivity index (χ0) is 22.4. The van der Waals surface area contributed by atoms with Gasteiger partial charge in [-0.3, -0.25) is 0 Å². The molecule has 0 aromatic rings. The Bertz CT molecular complexity index is 519. The van der Waals surface area contributed by atoms with Crippen molar-refractivity contribution >= 4 is 0 Å². The highest BCUT2D eigenvalue weighted by Crippen LogP contribution is 2.36. The highest BCUT2D eigenvalue weighted by molar-refractivity contribution is 5.13. The average molecular weight is 419 g/mol. The summed E-state index contributed by atoms with van der Waals surface area (Å²) in [4.78, 5) is 0. The first kappa shape index (κ1) is 27.2. The third-order valence-corrected chi connectivity index (χ3v) is 6.35. The van der Waals surface area contributed by atoms with Gasteiger partial charge in [0.05, 0.1) is 12.2 Å². The Morgan fingerprint density at radius 2 is 1.77 bits per heavy atom. The first-order valence-electron chi connectivity index (χ1n) is 12.6. The van der Waals surface area contributed by atoms with Gasteiger partial charge in [-0.15, -0.1) is 0 Å². The maximum Gasteiger partial charge on any atom is 0.0867 e. The maximum absolute atomic E-state index is 8.84. The molecule has 0 spiro atoms. The Morgan fingerprint density at radius 3 is 2.47 bits per heavy atom. The van der Waals surface area contributed by atoms with Crippen LogP contribution in [-0.4, -0.2) is 23.9 Å². The molecule has 1 rings (SSSR count). The quantitative estimate of drug-likeness (QED) is 0.113. The number of aliphatic hydroxyl groups excluding tert-OH is 1. The van der Waals surface area contributed by atoms with Gasteiger partial charge >= 0.3 is 0 Å². The summed E-state index contributed by atoms with van der Waals surface area (Å²) in [6.45, 7) is 14.1. The van der Waals surface area contributed by atoms with Crippen molar-refractivity contribution in [1.29, 1.82) is 0 Å². The summed E-state index contributed by atoms with van der Waals surface area (Å²) < 4.78 is 5.90. The van der Waals surface area contributed by atoms with Crippen molar-refractivity contribution in [3.63, 3.8) is 0 Å². The van der Waals surface area contributed by atoms with E-state index in [0.29, 0.717) is 36.6 Å². The number of aliphatic hydroxyl groups is 1. The number of hydrogen-bond donors (Lipinski definition) is 1. The van der Waals surface area contributed by atoms with Crippen LogP contribution in [0.25, 0.3) is 0 Å². The molecule has 30 heavy (non-hydrogen) atoms. The van der Waals surface area contributed by atoms with Crippen LogP contribution in [0.4, 0.5) is 0 Å². The minimum Gasteiger partial charge on any atom is -0.396 e. The van der Waals surface area contributed by atoms with E-state index in [1.165, 1.54) is 37.7 Å². The van der Waals surface area contributed by atoms with E-state index < -0.39 is 0 Å². The molecule has 0 aliphatic carbocycles. The summed E-state index contributed by atoms with van der Waals surface area (Å²) in [5.41, 5.74) is 1.45. The van der Waals surface area contributed by atoms with Crippen LogP contribution in [0.1, 0.15) is 99.3 Å². The first-order chi connectivity index (χ1) is 14.4. The van der Waals surface area contributed by atoms with Crippen molar-refractivity contribution in [2.75, 3.05) is 6.61 Å². The molecule has 0 amide bonds. The summed E-state index contributed by atoms with van der Waals surface area (Å²) in [5.74, 6) is 2.62. The fraction of sp³-hybridized carbons (Fsp3) is 0.786. The molecule has 0 radical (unpaired) electrons. The minimum absolute atomic E-state index is 0.334. The molecular weight excluding hydrogens is 368 g/mol. The van der Waals surface area contributed by atoms with Crippen molar-refractivity contribution in [3.05, 3.63) is 36.0 Å². The van der Waals surface area contributed by atoms with Crippen LogP contribution in [0.3, 0.4) is 0 Å². The van der Waals surface area contributed by atoms with Crippen molar-refractivity contribution < 1.29 is 9.84 Å². The number of unbranched alkanes of at least 4 members (excludes halogenated alkanes) is 2. The zero-order valence-electron chi connectivity index (χ0n) is 20.8. The predicted molar refractivity (Wildman–Crippen MR) is 132 cm³/mol. The molecule has 6 atom stereocenters. The third-order valence-electron chi connectivity index (χ3n) is 6.35. The molecule has 0 bridgehead atoms. The van der Waals surface area contributed by atoms with E-state index >= 15 is 0 Å². The molecule has 1 aliphatic heterocycles. The summed E-state index contributed by atoms with van der Waals surface area (Å²) in [6, 6.07) is 0. The van der Waals surface area contributed by atoms with Crippen LogP contribution in [0.5, 0.6) is 0 Å². The largest absolute Gasteiger partial charge is 0.396 e. The van der Waals surface area contributed by atoms with E-state index in [2.05, 4.69) is 71.9 Å². The SMILES string of the molecule is CCCC(C)C1OC1CC(C)/C=C/C=C(\C)CC(C)/C=C/CC(C)CCCCCO. The second-order valence-electron chi connectivity index (χ2n) is 10.0. The highest BCUT2D eigenvalue weighted by atomic mass is 16.6. The normalized spacial score (nSPS) is 23.8. The summed E-state index contributed by atoms with van der Waals surface area (Å²) in [5, 5.41) is 8.84. The van der Waals surface area contributed by atoms with Crippen molar-refractivity contribution in [3.8, 4) is 0 Å². The number of ether oxygens (including phenoxy) is 1. The van der Waals surface area contributed by atoms with Crippen molar-refractivity contribution in [1.82, 2.24) is 0 Å². The molecule has 0 aromatic carbocycles. The Kier molecular flexibility index (Phi) is 14.4. The van der Waals surface area contributed by atoms with Crippen LogP contribution in [-0.2, 0) is 4.74 Å². The molecule has 1 aliphatic rings. The Balaban J connectivity index is 2.22. The number of epoxide rings is 1. The lowest BCUT2D eigenvalue weighted by molar-refractivity contribution is 0.281. The van der Waals surface area contributed by atoms with E-state index in [1.807, 2.05) is 0 Å². The van der Waals surface area contributed by atoms with E-state index in [9.17, 15) is 0 Å². The molecule has 2 nitrogen and oxygen atoms in total. The van der Waals surface area contributed by atoms with Gasteiger partial charge < -0.3 is 9.84 Å². The lowest BCUT2D eigenvalue weighted by Crippen LogP contribution is -2.08. The molecule has 0 saturated carbocycles. The summed E-state index contributed by atoms with van der Waals surface area (Å²) in [7, 11) is 0. The standard InChI is InChI=1S/C28H50O2/c1-7-13-26(6)28-27(30-28)21-25(5)18-12-17-24(4)20-23(3)16-11-15-22(2)14-9-8-10-19-29/h11-12,16-18,22-23,25-29H,7-10,13-15,19-21H2,1-6H3/b16-11+,18-12+,24-17+. The topological polar surface area (TPSA) is 32.8 Å². The first-order valence-corrected chi connectivity index (χ1v) is 12.6. The minimum atomic E-state index is 0.334. The molecule has 0 aromatic heterocycles. The molecule has 174 valence electrons. The van der Waals surface area contributed by atoms with Crippen LogP contribution in [0.2, 0.25) is 0 Å². The van der Waals surface area contributed by atoms with Gasteiger partial charge in [-0.05, 0) is 62.7 Å². The second kappa shape index (κ2) is 15.9. The van der Waals surface area contributed by atoms with E-state index in [0.717, 1.165) is 31.6 Å². The van der Waals surface area contributed by atoms with Crippen LogP contribution in [0, 0.1) is 23.7 Å². The predicted octanol–water partition coefficient (Wildman–Crippen LogP) is 7.88. The van der Waals surface area contributed by atoms with Gasteiger partial charge in [0.25, 0.3) is 0 Å². The van der Waals surface area contributed by atoms with Crippen LogP contribution >= 0.6 is 0 Å². The molecule has 2 heteroatoms. The fourth-order valence-corrected chi connectivity index (χ4v) is 4.41. The molecule has 6 unspecified atom stereocenters. The van der Waals surface area contributed by atoms with Crippen LogP contribution < -0.4 is 0 Å². The number of hydrogen-bond acceptors (Lipinski definition) is 2. The summed E-state index contributed by atoms with van der Waals surface area (Å²) in [6.07, 6.45) is 23.2. The molecule has 1 N–H and O–H groups in total. The van der Waals surface area contributed by atoms with Crippen LogP contribution in [0.15, 0.2) is 36.0 Å². The van der Waals surface area contributed by atoms with Gasteiger partial charge in [0.15, 0.2) is 0 Å². The Morgan fingerprint density at radius 1 is 1.00 bits per heavy atom. The smallest absolute Gasteiger partial charge is 0.0867 e. The highest BCUT2D eigenvalue weighted by Gasteiger charge is 2.42. The van der Waals surface area contributed by atoms with Crippen molar-refractivity contribution in [2.24, 2.45) is 23.7 Å². The van der Waals surface area contributed by atoms with Gasteiger partial charge in [0, 0.05) is 6.61 Å². The molecule has 1 heterocycles. The van der Waals surface area contributed by atoms with Gasteiger partial charge in [-0.1, -0.05) is 96.3 Å². The zero-order valence-corrected chi connectivity index (χ0v) is 20.8. The summed E-state index contributed by atoms with van der Waals surface area (Å²) >= 11 is 0. The molecule has 1 fully saturated rings. The Hall–Kier alpha value is -0.860. The van der Waals surface area contributed by atoms with E-state index in [4.69, 9.17) is 9.84 Å². The fourth-order valence-electron chi connectivity index (χ4n) is 4.41. The number of rotatable bonds is 17. The molecule has 1 saturated heterocycles. The van der Waals surface area contributed by atoms with Gasteiger partial charge in [-0.2, -0.15) is 0 Å². The van der Waals surface area contributed by atoms with Gasteiger partial charge in [0.1, 0.15) is 0 Å². The lowest BCUT2D eigenvalue weighted by Gasteiger charge is -2.10. The molecular formula is C28H50O2. The van der Waals surface area contributed by atoms with E-state index in [-0.39, 0.29) is 0 Å². The average Bonchev–Trinajstić information content (AvgIpc) is 3.44. The van der Waals surface area contributed by atoms with Gasteiger partial charge in [0.2, 0.25) is 0 Å². The lowest BCUT2D eigenvalue weighted by atomic mass is 9.95. The van der Waals surface area contributed by atoms with Gasteiger partial charge in [-0.25, -0.2) is 0 Å². The second-order valence-corrected chi connectivity index (χ2v) is 10.0.